The van der Waals surface area contributed by atoms with Crippen LogP contribution in [0, 0.1) is 5.82 Å². The largest absolute Gasteiger partial charge is 0.395 e. The minimum absolute atomic E-state index is 0.0342. The van der Waals surface area contributed by atoms with Crippen LogP contribution in [0.1, 0.15) is 26.7 Å². The summed E-state index contributed by atoms with van der Waals surface area (Å²) in [6.45, 7) is 4.66. The topological polar surface area (TPSA) is 49.5 Å². The summed E-state index contributed by atoms with van der Waals surface area (Å²) in [5, 5.41) is 9.12. The Kier molecular flexibility index (Phi) is 5.22. The summed E-state index contributed by atoms with van der Waals surface area (Å²) in [7, 11) is 0. The molecule has 0 heterocycles. The molecular weight excluding hydrogens is 219 g/mol. The van der Waals surface area contributed by atoms with E-state index in [1.165, 1.54) is 6.07 Å². The average molecular weight is 240 g/mol. The van der Waals surface area contributed by atoms with E-state index < -0.39 is 5.82 Å². The molecule has 4 heteroatoms. The van der Waals surface area contributed by atoms with Gasteiger partial charge in [0, 0.05) is 12.6 Å². The molecule has 0 atom stereocenters. The van der Waals surface area contributed by atoms with E-state index in [-0.39, 0.29) is 18.3 Å². The molecule has 0 aliphatic heterocycles. The summed E-state index contributed by atoms with van der Waals surface area (Å²) in [6, 6.07) is 5.06. The van der Waals surface area contributed by atoms with Crippen molar-refractivity contribution in [3.05, 3.63) is 24.0 Å². The first kappa shape index (κ1) is 13.8. The molecule has 0 fully saturated rings. The Bertz CT molecular complexity index is 353. The van der Waals surface area contributed by atoms with Crippen molar-refractivity contribution in [2.45, 2.75) is 32.7 Å². The SMILES string of the molecule is CCC(CC)N(CCO)c1cccc(F)c1N. The van der Waals surface area contributed by atoms with Gasteiger partial charge in [0.25, 0.3) is 0 Å². The predicted octanol–water partition coefficient (Wildman–Crippen LogP) is 2.40. The Morgan fingerprint density at radius 2 is 2.00 bits per heavy atom. The van der Waals surface area contributed by atoms with Crippen LogP contribution in [0.2, 0.25) is 0 Å². The van der Waals surface area contributed by atoms with E-state index in [0.717, 1.165) is 12.8 Å². The fraction of sp³-hybridized carbons (Fsp3) is 0.538. The minimum Gasteiger partial charge on any atom is -0.395 e. The number of hydrogen-bond donors (Lipinski definition) is 2. The highest BCUT2D eigenvalue weighted by Gasteiger charge is 2.18. The number of anilines is 2. The molecule has 0 unspecified atom stereocenters. The molecule has 1 rings (SSSR count). The summed E-state index contributed by atoms with van der Waals surface area (Å²) in [4.78, 5) is 1.98. The van der Waals surface area contributed by atoms with Crippen LogP contribution in [0.15, 0.2) is 18.2 Å². The van der Waals surface area contributed by atoms with E-state index in [9.17, 15) is 4.39 Å². The van der Waals surface area contributed by atoms with Gasteiger partial charge in [0.2, 0.25) is 0 Å². The zero-order valence-corrected chi connectivity index (χ0v) is 10.5. The zero-order valence-electron chi connectivity index (χ0n) is 10.5. The van der Waals surface area contributed by atoms with E-state index in [1.807, 2.05) is 4.90 Å². The number of nitrogen functional groups attached to an aromatic ring is 1. The van der Waals surface area contributed by atoms with Gasteiger partial charge >= 0.3 is 0 Å². The number of nitrogens with zero attached hydrogens (tertiary/aromatic N) is 1. The van der Waals surface area contributed by atoms with Crippen LogP contribution in [-0.2, 0) is 0 Å². The molecule has 0 radical (unpaired) electrons. The van der Waals surface area contributed by atoms with Gasteiger partial charge in [-0.3, -0.25) is 0 Å². The lowest BCUT2D eigenvalue weighted by atomic mass is 10.1. The fourth-order valence-corrected chi connectivity index (χ4v) is 2.11. The Hall–Kier alpha value is -1.29. The van der Waals surface area contributed by atoms with Crippen molar-refractivity contribution in [1.82, 2.24) is 0 Å². The van der Waals surface area contributed by atoms with Crippen molar-refractivity contribution in [2.24, 2.45) is 0 Å². The summed E-state index contributed by atoms with van der Waals surface area (Å²) in [5.74, 6) is -0.406. The number of benzene rings is 1. The van der Waals surface area contributed by atoms with Crippen LogP contribution >= 0.6 is 0 Å². The monoisotopic (exact) mass is 240 g/mol. The van der Waals surface area contributed by atoms with Gasteiger partial charge in [0.1, 0.15) is 5.82 Å². The third-order valence-corrected chi connectivity index (χ3v) is 3.06. The van der Waals surface area contributed by atoms with Crippen LogP contribution < -0.4 is 10.6 Å². The van der Waals surface area contributed by atoms with Gasteiger partial charge < -0.3 is 15.7 Å². The first-order valence-corrected chi connectivity index (χ1v) is 6.07. The maximum atomic E-state index is 13.4. The van der Waals surface area contributed by atoms with E-state index in [1.54, 1.807) is 12.1 Å². The van der Waals surface area contributed by atoms with Crippen molar-refractivity contribution in [1.29, 1.82) is 0 Å². The molecular formula is C13H21FN2O. The number of para-hydroxylation sites is 1. The van der Waals surface area contributed by atoms with E-state index >= 15 is 0 Å². The molecule has 3 nitrogen and oxygen atoms in total. The van der Waals surface area contributed by atoms with Crippen molar-refractivity contribution < 1.29 is 9.50 Å². The number of aliphatic hydroxyl groups excluding tert-OH is 1. The summed E-state index contributed by atoms with van der Waals surface area (Å²) in [6.07, 6.45) is 1.87. The van der Waals surface area contributed by atoms with Crippen LogP contribution in [0.3, 0.4) is 0 Å². The van der Waals surface area contributed by atoms with Crippen LogP contribution in [0.25, 0.3) is 0 Å². The van der Waals surface area contributed by atoms with E-state index in [4.69, 9.17) is 10.8 Å². The van der Waals surface area contributed by atoms with Crippen molar-refractivity contribution in [3.8, 4) is 0 Å². The maximum absolute atomic E-state index is 13.4. The smallest absolute Gasteiger partial charge is 0.148 e. The number of rotatable bonds is 6. The lowest BCUT2D eigenvalue weighted by Crippen LogP contribution is -2.37. The number of aliphatic hydroxyl groups is 1. The maximum Gasteiger partial charge on any atom is 0.148 e. The highest BCUT2D eigenvalue weighted by atomic mass is 19.1. The molecule has 1 aromatic rings. The van der Waals surface area contributed by atoms with Gasteiger partial charge in [-0.1, -0.05) is 19.9 Å². The number of nitrogens with two attached hydrogens (primary N) is 1. The normalized spacial score (nSPS) is 10.9. The second kappa shape index (κ2) is 6.45. The second-order valence-electron chi connectivity index (χ2n) is 4.06. The quantitative estimate of drug-likeness (QED) is 0.751. The number of hydrogen-bond acceptors (Lipinski definition) is 3. The third-order valence-electron chi connectivity index (χ3n) is 3.06. The highest BCUT2D eigenvalue weighted by Crippen LogP contribution is 2.28. The molecule has 0 saturated carbocycles. The van der Waals surface area contributed by atoms with Crippen molar-refractivity contribution in [2.75, 3.05) is 23.8 Å². The highest BCUT2D eigenvalue weighted by molar-refractivity contribution is 5.68. The van der Waals surface area contributed by atoms with Crippen molar-refractivity contribution in [3.63, 3.8) is 0 Å². The van der Waals surface area contributed by atoms with E-state index in [0.29, 0.717) is 12.2 Å². The standard InChI is InChI=1S/C13H21FN2O/c1-3-10(4-2)16(8-9-17)12-7-5-6-11(14)13(12)15/h5-7,10,17H,3-4,8-9,15H2,1-2H3. The summed E-state index contributed by atoms with van der Waals surface area (Å²) >= 11 is 0. The predicted molar refractivity (Wildman–Crippen MR) is 69.6 cm³/mol. The first-order valence-electron chi connectivity index (χ1n) is 6.07. The lowest BCUT2D eigenvalue weighted by Gasteiger charge is -2.33. The molecule has 0 aliphatic rings. The van der Waals surface area contributed by atoms with Gasteiger partial charge in [0.05, 0.1) is 18.0 Å². The summed E-state index contributed by atoms with van der Waals surface area (Å²) in [5.41, 5.74) is 6.60. The minimum atomic E-state index is -0.406. The molecule has 1 aromatic carbocycles. The van der Waals surface area contributed by atoms with Crippen LogP contribution in [0.4, 0.5) is 15.8 Å². The van der Waals surface area contributed by atoms with Crippen LogP contribution in [-0.4, -0.2) is 24.3 Å². The lowest BCUT2D eigenvalue weighted by molar-refractivity contribution is 0.296. The molecule has 0 spiro atoms. The fourth-order valence-electron chi connectivity index (χ4n) is 2.11. The Morgan fingerprint density at radius 3 is 2.53 bits per heavy atom. The van der Waals surface area contributed by atoms with E-state index in [2.05, 4.69) is 13.8 Å². The van der Waals surface area contributed by atoms with Crippen LogP contribution in [0.5, 0.6) is 0 Å². The molecule has 0 saturated heterocycles. The molecule has 0 amide bonds. The molecule has 0 aromatic heterocycles. The van der Waals surface area contributed by atoms with Gasteiger partial charge in [-0.2, -0.15) is 0 Å². The number of halogens is 1. The molecule has 96 valence electrons. The first-order chi connectivity index (χ1) is 8.15. The second-order valence-corrected chi connectivity index (χ2v) is 4.06. The van der Waals surface area contributed by atoms with Gasteiger partial charge in [-0.15, -0.1) is 0 Å². The zero-order chi connectivity index (χ0) is 12.8. The molecule has 0 aliphatic carbocycles. The van der Waals surface area contributed by atoms with Gasteiger partial charge in [-0.25, -0.2) is 4.39 Å². The third kappa shape index (κ3) is 3.09. The Balaban J connectivity index is 3.08. The average Bonchev–Trinajstić information content (AvgIpc) is 2.33. The van der Waals surface area contributed by atoms with Gasteiger partial charge in [-0.05, 0) is 25.0 Å². The Morgan fingerprint density at radius 1 is 1.35 bits per heavy atom. The summed E-state index contributed by atoms with van der Waals surface area (Å²) < 4.78 is 13.4. The molecule has 3 N–H and O–H groups in total. The molecule has 17 heavy (non-hydrogen) atoms. The van der Waals surface area contributed by atoms with Gasteiger partial charge in [0.15, 0.2) is 0 Å². The Labute approximate surface area is 102 Å². The molecule has 0 bridgehead atoms. The van der Waals surface area contributed by atoms with Crippen molar-refractivity contribution >= 4 is 11.4 Å².